The van der Waals surface area contributed by atoms with E-state index in [-0.39, 0.29) is 23.6 Å². The normalized spacial score (nSPS) is 12.7. The number of amides is 1. The first-order valence-electron chi connectivity index (χ1n) is 7.99. The molecule has 0 aliphatic rings. The molecule has 0 spiro atoms. The first-order valence-corrected chi connectivity index (χ1v) is 7.99. The van der Waals surface area contributed by atoms with Gasteiger partial charge >= 0.3 is 0 Å². The molecule has 7 heteroatoms. The minimum absolute atomic E-state index is 0.104. The molecule has 0 fully saturated rings. The van der Waals surface area contributed by atoms with E-state index in [1.54, 1.807) is 13.8 Å². The summed E-state index contributed by atoms with van der Waals surface area (Å²) in [5.74, 6) is 0.722. The highest BCUT2D eigenvalue weighted by Crippen LogP contribution is 2.14. The predicted molar refractivity (Wildman–Crippen MR) is 89.6 cm³/mol. The number of carbonyl (C=O) groups is 1. The zero-order valence-electron chi connectivity index (χ0n) is 14.3. The second-order valence-electron chi connectivity index (χ2n) is 6.23. The Labute approximate surface area is 140 Å². The molecule has 0 radical (unpaired) electrons. The van der Waals surface area contributed by atoms with Crippen LogP contribution in [-0.2, 0) is 6.54 Å². The van der Waals surface area contributed by atoms with Crippen LogP contribution in [0.2, 0.25) is 0 Å². The highest BCUT2D eigenvalue weighted by molar-refractivity contribution is 5.92. The SMILES string of the molecule is Cc1nc(C)c(C(=O)N[C@H](Cn2nnc3ccccc32)C(C)C)o1. The molecule has 0 saturated heterocycles. The number of para-hydroxylation sites is 1. The van der Waals surface area contributed by atoms with Crippen molar-refractivity contribution in [2.75, 3.05) is 0 Å². The fraction of sp³-hybridized carbons (Fsp3) is 0.412. The topological polar surface area (TPSA) is 85.8 Å². The summed E-state index contributed by atoms with van der Waals surface area (Å²) in [6, 6.07) is 7.66. The molecule has 0 unspecified atom stereocenters. The van der Waals surface area contributed by atoms with Crippen molar-refractivity contribution in [3.05, 3.63) is 41.6 Å². The molecular formula is C17H21N5O2. The number of aromatic nitrogens is 4. The molecule has 2 aromatic heterocycles. The van der Waals surface area contributed by atoms with E-state index in [9.17, 15) is 4.79 Å². The molecule has 1 aromatic carbocycles. The molecule has 0 aliphatic carbocycles. The lowest BCUT2D eigenvalue weighted by Gasteiger charge is -2.22. The van der Waals surface area contributed by atoms with E-state index in [1.165, 1.54) is 0 Å². The van der Waals surface area contributed by atoms with Gasteiger partial charge in [0.2, 0.25) is 5.76 Å². The van der Waals surface area contributed by atoms with E-state index in [2.05, 4.69) is 34.5 Å². The average molecular weight is 327 g/mol. The average Bonchev–Trinajstić information content (AvgIpc) is 3.09. The van der Waals surface area contributed by atoms with Crippen molar-refractivity contribution in [1.29, 1.82) is 0 Å². The maximum atomic E-state index is 12.5. The summed E-state index contributed by atoms with van der Waals surface area (Å²) < 4.78 is 7.22. The fourth-order valence-electron chi connectivity index (χ4n) is 2.64. The van der Waals surface area contributed by atoms with Crippen LogP contribution in [0.1, 0.15) is 36.0 Å². The van der Waals surface area contributed by atoms with Crippen molar-refractivity contribution in [3.63, 3.8) is 0 Å². The molecule has 1 N–H and O–H groups in total. The minimum Gasteiger partial charge on any atom is -0.436 e. The van der Waals surface area contributed by atoms with E-state index in [1.807, 2.05) is 28.9 Å². The van der Waals surface area contributed by atoms with E-state index >= 15 is 0 Å². The van der Waals surface area contributed by atoms with Crippen molar-refractivity contribution in [1.82, 2.24) is 25.3 Å². The Balaban J connectivity index is 1.80. The number of hydrogen-bond acceptors (Lipinski definition) is 5. The maximum absolute atomic E-state index is 12.5. The van der Waals surface area contributed by atoms with Gasteiger partial charge in [0.15, 0.2) is 5.89 Å². The van der Waals surface area contributed by atoms with Crippen LogP contribution in [0.4, 0.5) is 0 Å². The predicted octanol–water partition coefficient (Wildman–Crippen LogP) is 2.49. The van der Waals surface area contributed by atoms with Crippen LogP contribution < -0.4 is 5.32 Å². The Morgan fingerprint density at radius 1 is 1.29 bits per heavy atom. The molecule has 24 heavy (non-hydrogen) atoms. The number of benzene rings is 1. The molecular weight excluding hydrogens is 306 g/mol. The van der Waals surface area contributed by atoms with Crippen LogP contribution in [0.5, 0.6) is 0 Å². The number of carbonyl (C=O) groups excluding carboxylic acids is 1. The van der Waals surface area contributed by atoms with E-state index < -0.39 is 0 Å². The van der Waals surface area contributed by atoms with Crippen LogP contribution in [-0.4, -0.2) is 31.9 Å². The molecule has 0 bridgehead atoms. The van der Waals surface area contributed by atoms with Crippen molar-refractivity contribution in [2.24, 2.45) is 5.92 Å². The summed E-state index contributed by atoms with van der Waals surface area (Å²) in [5, 5.41) is 11.4. The van der Waals surface area contributed by atoms with Gasteiger partial charge in [-0.2, -0.15) is 0 Å². The Bertz CT molecular complexity index is 865. The number of nitrogens with zero attached hydrogens (tertiary/aromatic N) is 4. The van der Waals surface area contributed by atoms with Gasteiger partial charge in [0, 0.05) is 6.92 Å². The summed E-state index contributed by atoms with van der Waals surface area (Å²) in [6.45, 7) is 8.15. The van der Waals surface area contributed by atoms with Crippen LogP contribution in [0.25, 0.3) is 11.0 Å². The van der Waals surface area contributed by atoms with Gasteiger partial charge in [-0.3, -0.25) is 4.79 Å². The van der Waals surface area contributed by atoms with Crippen LogP contribution in [0.3, 0.4) is 0 Å². The third-order valence-electron chi connectivity index (χ3n) is 4.02. The number of aryl methyl sites for hydroxylation is 2. The Kier molecular flexibility index (Phi) is 4.33. The number of hydrogen-bond donors (Lipinski definition) is 1. The highest BCUT2D eigenvalue weighted by Gasteiger charge is 2.23. The highest BCUT2D eigenvalue weighted by atomic mass is 16.4. The third kappa shape index (κ3) is 3.15. The first kappa shape index (κ1) is 16.2. The Morgan fingerprint density at radius 2 is 2.04 bits per heavy atom. The molecule has 3 rings (SSSR count). The van der Waals surface area contributed by atoms with Crippen molar-refractivity contribution in [2.45, 2.75) is 40.3 Å². The molecule has 1 amide bonds. The number of fused-ring (bicyclic) bond motifs is 1. The molecule has 126 valence electrons. The van der Waals surface area contributed by atoms with E-state index in [0.717, 1.165) is 11.0 Å². The van der Waals surface area contributed by atoms with Gasteiger partial charge in [0.05, 0.1) is 23.8 Å². The van der Waals surface area contributed by atoms with Gasteiger partial charge in [-0.05, 0) is 25.0 Å². The molecule has 0 aliphatic heterocycles. The van der Waals surface area contributed by atoms with Crippen molar-refractivity contribution in [3.8, 4) is 0 Å². The maximum Gasteiger partial charge on any atom is 0.289 e. The van der Waals surface area contributed by atoms with Crippen LogP contribution in [0.15, 0.2) is 28.7 Å². The quantitative estimate of drug-likeness (QED) is 0.778. The van der Waals surface area contributed by atoms with Crippen LogP contribution in [0, 0.1) is 19.8 Å². The molecule has 7 nitrogen and oxygen atoms in total. The van der Waals surface area contributed by atoms with Crippen molar-refractivity contribution >= 4 is 16.9 Å². The monoisotopic (exact) mass is 327 g/mol. The Hall–Kier alpha value is -2.70. The second-order valence-corrected chi connectivity index (χ2v) is 6.23. The standard InChI is InChI=1S/C17H21N5O2/c1-10(2)14(19-17(23)16-11(3)18-12(4)24-16)9-22-15-8-6-5-7-13(15)20-21-22/h5-8,10,14H,9H2,1-4H3,(H,19,23)/t14-/m1/s1. The van der Waals surface area contributed by atoms with Crippen molar-refractivity contribution < 1.29 is 9.21 Å². The molecule has 3 aromatic rings. The van der Waals surface area contributed by atoms with Crippen LogP contribution >= 0.6 is 0 Å². The second kappa shape index (κ2) is 6.43. The third-order valence-corrected chi connectivity index (χ3v) is 4.02. The molecule has 0 saturated carbocycles. The largest absolute Gasteiger partial charge is 0.436 e. The summed E-state index contributed by atoms with van der Waals surface area (Å²) in [7, 11) is 0. The van der Waals surface area contributed by atoms with Gasteiger partial charge in [-0.15, -0.1) is 5.10 Å². The van der Waals surface area contributed by atoms with Gasteiger partial charge in [-0.25, -0.2) is 9.67 Å². The fourth-order valence-corrected chi connectivity index (χ4v) is 2.64. The molecule has 1 atom stereocenters. The van der Waals surface area contributed by atoms with Gasteiger partial charge in [-0.1, -0.05) is 31.2 Å². The zero-order chi connectivity index (χ0) is 17.3. The van der Waals surface area contributed by atoms with Gasteiger partial charge in [0.25, 0.3) is 5.91 Å². The van der Waals surface area contributed by atoms with E-state index in [0.29, 0.717) is 18.1 Å². The minimum atomic E-state index is -0.253. The van der Waals surface area contributed by atoms with E-state index in [4.69, 9.17) is 4.42 Å². The Morgan fingerprint density at radius 3 is 2.71 bits per heavy atom. The number of rotatable bonds is 5. The molecule has 2 heterocycles. The lowest BCUT2D eigenvalue weighted by Crippen LogP contribution is -2.41. The summed E-state index contributed by atoms with van der Waals surface area (Å²) in [5.41, 5.74) is 2.39. The zero-order valence-corrected chi connectivity index (χ0v) is 14.3. The summed E-state index contributed by atoms with van der Waals surface area (Å²) in [4.78, 5) is 16.6. The lowest BCUT2D eigenvalue weighted by molar-refractivity contribution is 0.0889. The summed E-state index contributed by atoms with van der Waals surface area (Å²) in [6.07, 6.45) is 0. The number of oxazole rings is 1. The lowest BCUT2D eigenvalue weighted by atomic mass is 10.0. The van der Waals surface area contributed by atoms with Gasteiger partial charge < -0.3 is 9.73 Å². The number of nitrogens with one attached hydrogen (secondary N) is 1. The van der Waals surface area contributed by atoms with Gasteiger partial charge in [0.1, 0.15) is 5.52 Å². The first-order chi connectivity index (χ1) is 11.5. The smallest absolute Gasteiger partial charge is 0.289 e. The summed E-state index contributed by atoms with van der Waals surface area (Å²) >= 11 is 0.